The van der Waals surface area contributed by atoms with Crippen molar-refractivity contribution in [2.24, 2.45) is 21.1 Å². The Morgan fingerprint density at radius 1 is 1.04 bits per heavy atom. The normalized spacial score (nSPS) is 11.7. The van der Waals surface area contributed by atoms with Gasteiger partial charge in [0.15, 0.2) is 11.2 Å². The van der Waals surface area contributed by atoms with Gasteiger partial charge in [-0.2, -0.15) is 0 Å². The highest BCUT2D eigenvalue weighted by Crippen LogP contribution is 2.31. The predicted molar refractivity (Wildman–Crippen MR) is 99.1 cm³/mol. The first-order valence-electron chi connectivity index (χ1n) is 8.15. The van der Waals surface area contributed by atoms with E-state index >= 15 is 0 Å². The van der Waals surface area contributed by atoms with Crippen molar-refractivity contribution >= 4 is 22.1 Å². The van der Waals surface area contributed by atoms with E-state index in [0.717, 1.165) is 21.0 Å². The number of benzene rings is 1. The first-order chi connectivity index (χ1) is 12.5. The maximum Gasteiger partial charge on any atom is 0.332 e. The molecule has 4 rings (SSSR count). The molecule has 0 saturated carbocycles. The largest absolute Gasteiger partial charge is 0.364 e. The molecule has 8 heteroatoms. The van der Waals surface area contributed by atoms with Gasteiger partial charge >= 0.3 is 5.69 Å². The van der Waals surface area contributed by atoms with Gasteiger partial charge in [0, 0.05) is 45.4 Å². The Labute approximate surface area is 148 Å². The van der Waals surface area contributed by atoms with Crippen LogP contribution in [0.5, 0.6) is 0 Å². The van der Waals surface area contributed by atoms with E-state index in [-0.39, 0.29) is 5.56 Å². The van der Waals surface area contributed by atoms with Gasteiger partial charge in [0.05, 0.1) is 5.52 Å². The summed E-state index contributed by atoms with van der Waals surface area (Å²) in [5.74, 6) is 0.629. The van der Waals surface area contributed by atoms with Crippen molar-refractivity contribution in [2.75, 3.05) is 7.11 Å². The highest BCUT2D eigenvalue weighted by Gasteiger charge is 2.20. The van der Waals surface area contributed by atoms with Crippen LogP contribution in [-0.2, 0) is 32.6 Å². The summed E-state index contributed by atoms with van der Waals surface area (Å²) < 4.78 is 11.5. The van der Waals surface area contributed by atoms with Crippen LogP contribution in [0.4, 0.5) is 0 Å². The Morgan fingerprint density at radius 2 is 1.77 bits per heavy atom. The monoisotopic (exact) mass is 353 g/mol. The molecule has 0 aliphatic heterocycles. The van der Waals surface area contributed by atoms with Crippen molar-refractivity contribution < 1.29 is 4.74 Å². The van der Waals surface area contributed by atoms with Crippen LogP contribution >= 0.6 is 0 Å². The minimum atomic E-state index is -0.394. The third kappa shape index (κ3) is 2.08. The van der Waals surface area contributed by atoms with Crippen LogP contribution in [0.1, 0.15) is 0 Å². The standard InChI is InChI=1S/C18H19N5O3/c1-20-14-16(21(2)18(25)22(3)17(14)24)19-15(20)12-9-23(10-26-4)13-8-6-5-7-11(12)13/h5-9H,10H2,1-4H3. The fourth-order valence-electron chi connectivity index (χ4n) is 3.43. The molecule has 0 atom stereocenters. The Bertz CT molecular complexity index is 1270. The van der Waals surface area contributed by atoms with Crippen LogP contribution in [0.2, 0.25) is 0 Å². The zero-order valence-corrected chi connectivity index (χ0v) is 15.1. The minimum absolute atomic E-state index is 0.357. The maximum absolute atomic E-state index is 12.6. The van der Waals surface area contributed by atoms with Crippen molar-refractivity contribution in [3.05, 3.63) is 51.3 Å². The van der Waals surface area contributed by atoms with E-state index in [1.165, 1.54) is 11.6 Å². The highest BCUT2D eigenvalue weighted by molar-refractivity contribution is 5.96. The molecule has 0 saturated heterocycles. The number of para-hydroxylation sites is 1. The molecule has 0 unspecified atom stereocenters. The Kier molecular flexibility index (Phi) is 3.58. The number of hydrogen-bond acceptors (Lipinski definition) is 4. The summed E-state index contributed by atoms with van der Waals surface area (Å²) in [6.07, 6.45) is 1.96. The fraction of sp³-hybridized carbons (Fsp3) is 0.278. The Balaban J connectivity index is 2.11. The SMILES string of the molecule is COCn1cc(-c2nc3c(c(=O)n(C)c(=O)n3C)n2C)c2ccccc21. The van der Waals surface area contributed by atoms with Crippen molar-refractivity contribution in [3.63, 3.8) is 0 Å². The number of hydrogen-bond donors (Lipinski definition) is 0. The van der Waals surface area contributed by atoms with Gasteiger partial charge in [0.2, 0.25) is 0 Å². The summed E-state index contributed by atoms with van der Waals surface area (Å²) in [6.45, 7) is 0.407. The topological polar surface area (TPSA) is 76.0 Å². The van der Waals surface area contributed by atoms with Crippen LogP contribution < -0.4 is 11.2 Å². The summed E-state index contributed by atoms with van der Waals surface area (Å²) in [5.41, 5.74) is 1.91. The lowest BCUT2D eigenvalue weighted by Crippen LogP contribution is -2.37. The Hall–Kier alpha value is -3.13. The third-order valence-electron chi connectivity index (χ3n) is 4.77. The molecule has 0 bridgehead atoms. The van der Waals surface area contributed by atoms with Crippen molar-refractivity contribution in [1.82, 2.24) is 23.3 Å². The average molecular weight is 353 g/mol. The number of imidazole rings is 1. The molecule has 4 aromatic rings. The van der Waals surface area contributed by atoms with E-state index in [1.807, 2.05) is 35.0 Å². The molecule has 0 fully saturated rings. The quantitative estimate of drug-likeness (QED) is 0.555. The first kappa shape index (κ1) is 16.3. The fourth-order valence-corrected chi connectivity index (χ4v) is 3.43. The molecule has 8 nitrogen and oxygen atoms in total. The molecular weight excluding hydrogens is 334 g/mol. The summed E-state index contributed by atoms with van der Waals surface area (Å²) >= 11 is 0. The predicted octanol–water partition coefficient (Wildman–Crippen LogP) is 1.20. The highest BCUT2D eigenvalue weighted by atomic mass is 16.5. The van der Waals surface area contributed by atoms with E-state index in [2.05, 4.69) is 4.98 Å². The number of nitrogens with zero attached hydrogens (tertiary/aromatic N) is 5. The van der Waals surface area contributed by atoms with Gasteiger partial charge in [-0.25, -0.2) is 9.78 Å². The van der Waals surface area contributed by atoms with E-state index in [4.69, 9.17) is 4.74 Å². The molecule has 1 aromatic carbocycles. The summed E-state index contributed by atoms with van der Waals surface area (Å²) in [5, 5.41) is 1.00. The van der Waals surface area contributed by atoms with E-state index in [1.54, 1.807) is 25.8 Å². The minimum Gasteiger partial charge on any atom is -0.364 e. The third-order valence-corrected chi connectivity index (χ3v) is 4.77. The molecule has 0 aliphatic rings. The number of aryl methyl sites for hydroxylation is 2. The van der Waals surface area contributed by atoms with Gasteiger partial charge in [-0.05, 0) is 6.07 Å². The number of fused-ring (bicyclic) bond motifs is 2. The summed E-state index contributed by atoms with van der Waals surface area (Å²) in [7, 11) is 6.53. The second-order valence-corrected chi connectivity index (χ2v) is 6.32. The molecule has 26 heavy (non-hydrogen) atoms. The van der Waals surface area contributed by atoms with Crippen LogP contribution in [0.3, 0.4) is 0 Å². The number of ether oxygens (including phenoxy) is 1. The van der Waals surface area contributed by atoms with Gasteiger partial charge in [-0.15, -0.1) is 0 Å². The number of aromatic nitrogens is 5. The van der Waals surface area contributed by atoms with Crippen LogP contribution in [0.25, 0.3) is 33.5 Å². The van der Waals surface area contributed by atoms with E-state index in [9.17, 15) is 9.59 Å². The van der Waals surface area contributed by atoms with Crippen molar-refractivity contribution in [1.29, 1.82) is 0 Å². The average Bonchev–Trinajstić information content (AvgIpc) is 3.17. The second-order valence-electron chi connectivity index (χ2n) is 6.32. The van der Waals surface area contributed by atoms with Gasteiger partial charge < -0.3 is 13.9 Å². The molecule has 3 heterocycles. The molecule has 134 valence electrons. The first-order valence-corrected chi connectivity index (χ1v) is 8.15. The van der Waals surface area contributed by atoms with Gasteiger partial charge in [0.1, 0.15) is 12.6 Å². The Morgan fingerprint density at radius 3 is 2.50 bits per heavy atom. The van der Waals surface area contributed by atoms with Crippen LogP contribution in [0, 0.1) is 0 Å². The molecule has 0 radical (unpaired) electrons. The van der Waals surface area contributed by atoms with E-state index in [0.29, 0.717) is 23.7 Å². The zero-order chi connectivity index (χ0) is 18.6. The smallest absolute Gasteiger partial charge is 0.332 e. The molecule has 3 aromatic heterocycles. The molecule has 0 amide bonds. The summed E-state index contributed by atoms with van der Waals surface area (Å²) in [4.78, 5) is 29.4. The molecule has 0 aliphatic carbocycles. The van der Waals surface area contributed by atoms with Crippen LogP contribution in [0.15, 0.2) is 40.1 Å². The second kappa shape index (κ2) is 5.70. The maximum atomic E-state index is 12.6. The molecule has 0 N–H and O–H groups in total. The molecular formula is C18H19N5O3. The van der Waals surface area contributed by atoms with Crippen LogP contribution in [-0.4, -0.2) is 30.4 Å². The van der Waals surface area contributed by atoms with Crippen molar-refractivity contribution in [2.45, 2.75) is 6.73 Å². The van der Waals surface area contributed by atoms with Gasteiger partial charge in [0.25, 0.3) is 5.56 Å². The number of methoxy groups -OCH3 is 1. The zero-order valence-electron chi connectivity index (χ0n) is 15.1. The van der Waals surface area contributed by atoms with E-state index < -0.39 is 5.69 Å². The lowest BCUT2D eigenvalue weighted by molar-refractivity contribution is 0.135. The van der Waals surface area contributed by atoms with Crippen molar-refractivity contribution in [3.8, 4) is 11.4 Å². The molecule has 0 spiro atoms. The lowest BCUT2D eigenvalue weighted by atomic mass is 10.1. The number of rotatable bonds is 3. The summed E-state index contributed by atoms with van der Waals surface area (Å²) in [6, 6.07) is 7.94. The van der Waals surface area contributed by atoms with Gasteiger partial charge in [-0.3, -0.25) is 13.9 Å². The lowest BCUT2D eigenvalue weighted by Gasteiger charge is -2.03. The van der Waals surface area contributed by atoms with Gasteiger partial charge in [-0.1, -0.05) is 18.2 Å².